The van der Waals surface area contributed by atoms with E-state index in [4.69, 9.17) is 22.1 Å². The number of hydrogen-bond donors (Lipinski definition) is 2. The second kappa shape index (κ2) is 10.5. The molecular weight excluding hydrogens is 545 g/mol. The maximum absolute atomic E-state index is 13.2. The molecule has 2 unspecified atom stereocenters. The molecule has 1 aliphatic carbocycles. The summed E-state index contributed by atoms with van der Waals surface area (Å²) in [7, 11) is 0. The molecule has 0 spiro atoms. The van der Waals surface area contributed by atoms with E-state index in [0.717, 1.165) is 44.7 Å². The summed E-state index contributed by atoms with van der Waals surface area (Å²) in [6.07, 6.45) is 4.29. The highest BCUT2D eigenvalue weighted by Gasteiger charge is 2.38. The minimum Gasteiger partial charge on any atom is -0.382 e. The van der Waals surface area contributed by atoms with Crippen molar-refractivity contribution in [3.8, 4) is 0 Å². The number of nitrogens with zero attached hydrogens (tertiary/aromatic N) is 6. The van der Waals surface area contributed by atoms with E-state index in [-0.39, 0.29) is 17.4 Å². The molecule has 2 aliphatic rings. The fourth-order valence-electron chi connectivity index (χ4n) is 6.09. The normalized spacial score (nSPS) is 23.6. The molecular formula is C27H32ClF3N8O. The first kappa shape index (κ1) is 27.2. The fraction of sp³-hybridized carbons (Fsp3) is 0.556. The van der Waals surface area contributed by atoms with Crippen molar-refractivity contribution >= 4 is 39.6 Å². The Labute approximate surface area is 234 Å². The number of aromatic amines is 1. The smallest absolute Gasteiger partial charge is 0.382 e. The SMILES string of the molecule is CC(C)N(CC1CCC(n2cnc3c(N)ncnc32)O1)C1CC(CCc2nc3cc(Cl)c(C(F)(F)F)cc3[nH]2)C1. The lowest BCUT2D eigenvalue weighted by atomic mass is 9.76. The number of hydrogen-bond acceptors (Lipinski definition) is 7. The topological polar surface area (TPSA) is 111 Å². The average Bonchev–Trinajstić information content (AvgIpc) is 3.59. The number of halogens is 4. The molecule has 0 bridgehead atoms. The second-order valence-corrected chi connectivity index (χ2v) is 11.6. The van der Waals surface area contributed by atoms with Crippen molar-refractivity contribution in [2.45, 2.75) is 83.0 Å². The Hall–Kier alpha value is -2.96. The number of H-pyrrole nitrogens is 1. The van der Waals surface area contributed by atoms with E-state index in [1.54, 1.807) is 6.33 Å². The molecule has 1 saturated carbocycles. The van der Waals surface area contributed by atoms with Gasteiger partial charge in [0.05, 0.1) is 34.1 Å². The molecule has 6 rings (SSSR count). The summed E-state index contributed by atoms with van der Waals surface area (Å²) in [6, 6.07) is 3.20. The number of anilines is 1. The molecule has 13 heteroatoms. The van der Waals surface area contributed by atoms with Crippen LogP contribution in [0.5, 0.6) is 0 Å². The molecule has 1 aromatic carbocycles. The predicted octanol–water partition coefficient (Wildman–Crippen LogP) is 5.76. The highest BCUT2D eigenvalue weighted by Crippen LogP contribution is 2.39. The molecule has 1 aliphatic heterocycles. The van der Waals surface area contributed by atoms with Gasteiger partial charge >= 0.3 is 6.18 Å². The second-order valence-electron chi connectivity index (χ2n) is 11.2. The maximum Gasteiger partial charge on any atom is 0.417 e. The molecule has 3 aromatic heterocycles. The zero-order chi connectivity index (χ0) is 28.2. The van der Waals surface area contributed by atoms with E-state index in [2.05, 4.69) is 43.7 Å². The molecule has 2 atom stereocenters. The monoisotopic (exact) mass is 576 g/mol. The van der Waals surface area contributed by atoms with Gasteiger partial charge in [-0.3, -0.25) is 9.47 Å². The summed E-state index contributed by atoms with van der Waals surface area (Å²) < 4.78 is 47.9. The van der Waals surface area contributed by atoms with Crippen LogP contribution in [0.25, 0.3) is 22.2 Å². The van der Waals surface area contributed by atoms with Crippen molar-refractivity contribution < 1.29 is 17.9 Å². The Morgan fingerprint density at radius 3 is 2.75 bits per heavy atom. The van der Waals surface area contributed by atoms with Gasteiger partial charge in [-0.1, -0.05) is 11.6 Å². The summed E-state index contributed by atoms with van der Waals surface area (Å²) >= 11 is 5.85. The number of alkyl halides is 3. The number of benzene rings is 1. The van der Waals surface area contributed by atoms with Crippen molar-refractivity contribution in [3.63, 3.8) is 0 Å². The van der Waals surface area contributed by atoms with Gasteiger partial charge in [0.2, 0.25) is 0 Å². The summed E-state index contributed by atoms with van der Waals surface area (Å²) in [6.45, 7) is 5.30. The highest BCUT2D eigenvalue weighted by molar-refractivity contribution is 6.32. The van der Waals surface area contributed by atoms with Crippen LogP contribution < -0.4 is 5.73 Å². The average molecular weight is 577 g/mol. The maximum atomic E-state index is 13.2. The van der Waals surface area contributed by atoms with Gasteiger partial charge in [0, 0.05) is 25.0 Å². The van der Waals surface area contributed by atoms with Crippen LogP contribution in [0.15, 0.2) is 24.8 Å². The van der Waals surface area contributed by atoms with Gasteiger partial charge in [0.1, 0.15) is 23.9 Å². The number of nitrogens with two attached hydrogens (primary N) is 1. The summed E-state index contributed by atoms with van der Waals surface area (Å²) in [5.41, 5.74) is 7.19. The standard InChI is InChI=1S/C27H32ClF3N8O/c1-14(2)38(11-17-4-6-23(40-17)39-13-35-24-25(32)33-12-34-26(24)39)16-7-15(8-16)3-5-22-36-20-9-18(27(29,30)31)19(28)10-21(20)37-22/h9-10,12-17,23H,3-8,11H2,1-2H3,(H,36,37)(H2,32,33,34). The lowest BCUT2D eigenvalue weighted by Gasteiger charge is -2.46. The van der Waals surface area contributed by atoms with Crippen LogP contribution in [0.4, 0.5) is 19.0 Å². The summed E-state index contributed by atoms with van der Waals surface area (Å²) in [5.74, 6) is 1.61. The van der Waals surface area contributed by atoms with Gasteiger partial charge in [-0.05, 0) is 64.0 Å². The van der Waals surface area contributed by atoms with Crippen LogP contribution in [-0.2, 0) is 17.3 Å². The van der Waals surface area contributed by atoms with E-state index in [9.17, 15) is 13.2 Å². The summed E-state index contributed by atoms with van der Waals surface area (Å²) in [5, 5.41) is -0.330. The van der Waals surface area contributed by atoms with Crippen LogP contribution in [0.2, 0.25) is 5.02 Å². The minimum atomic E-state index is -4.50. The Morgan fingerprint density at radius 2 is 2.00 bits per heavy atom. The van der Waals surface area contributed by atoms with Crippen LogP contribution >= 0.6 is 11.6 Å². The number of nitrogens with one attached hydrogen (secondary N) is 1. The zero-order valence-electron chi connectivity index (χ0n) is 22.3. The quantitative estimate of drug-likeness (QED) is 0.274. The highest BCUT2D eigenvalue weighted by atomic mass is 35.5. The Morgan fingerprint density at radius 1 is 1.20 bits per heavy atom. The first-order valence-corrected chi connectivity index (χ1v) is 14.0. The van der Waals surface area contributed by atoms with Crippen molar-refractivity contribution in [3.05, 3.63) is 41.2 Å². The van der Waals surface area contributed by atoms with E-state index in [1.807, 2.05) is 4.57 Å². The number of ether oxygens (including phenoxy) is 1. The first-order valence-electron chi connectivity index (χ1n) is 13.7. The molecule has 9 nitrogen and oxygen atoms in total. The first-order chi connectivity index (χ1) is 19.1. The van der Waals surface area contributed by atoms with Crippen LogP contribution in [0, 0.1) is 5.92 Å². The molecule has 0 amide bonds. The van der Waals surface area contributed by atoms with Gasteiger partial charge in [-0.25, -0.2) is 19.9 Å². The minimum absolute atomic E-state index is 0.118. The van der Waals surface area contributed by atoms with Gasteiger partial charge in [-0.15, -0.1) is 0 Å². The van der Waals surface area contributed by atoms with E-state index in [0.29, 0.717) is 58.3 Å². The van der Waals surface area contributed by atoms with Crippen LogP contribution in [-0.4, -0.2) is 59.1 Å². The van der Waals surface area contributed by atoms with Crippen LogP contribution in [0.3, 0.4) is 0 Å². The molecule has 0 radical (unpaired) electrons. The largest absolute Gasteiger partial charge is 0.417 e. The van der Waals surface area contributed by atoms with Gasteiger partial charge in [0.15, 0.2) is 11.5 Å². The number of fused-ring (bicyclic) bond motifs is 2. The Bertz CT molecular complexity index is 1510. The van der Waals surface area contributed by atoms with Crippen molar-refractivity contribution in [2.75, 3.05) is 12.3 Å². The van der Waals surface area contributed by atoms with E-state index in [1.165, 1.54) is 12.4 Å². The number of rotatable bonds is 8. The molecule has 2 fully saturated rings. The predicted molar refractivity (Wildman–Crippen MR) is 146 cm³/mol. The Balaban J connectivity index is 1.02. The van der Waals surface area contributed by atoms with Crippen molar-refractivity contribution in [1.82, 2.24) is 34.4 Å². The van der Waals surface area contributed by atoms with Gasteiger partial charge < -0.3 is 15.5 Å². The van der Waals surface area contributed by atoms with E-state index >= 15 is 0 Å². The number of imidazole rings is 2. The van der Waals surface area contributed by atoms with E-state index < -0.39 is 11.7 Å². The molecule has 3 N–H and O–H groups in total. The third-order valence-corrected chi connectivity index (χ3v) is 8.57. The lowest BCUT2D eigenvalue weighted by Crippen LogP contribution is -2.50. The third-order valence-electron chi connectivity index (χ3n) is 8.25. The number of aromatic nitrogens is 6. The Kier molecular flexibility index (Phi) is 7.12. The van der Waals surface area contributed by atoms with Gasteiger partial charge in [-0.2, -0.15) is 13.2 Å². The van der Waals surface area contributed by atoms with Crippen LogP contribution in [0.1, 0.15) is 63.6 Å². The van der Waals surface area contributed by atoms with Gasteiger partial charge in [0.25, 0.3) is 0 Å². The summed E-state index contributed by atoms with van der Waals surface area (Å²) in [4.78, 5) is 22.8. The molecule has 40 heavy (non-hydrogen) atoms. The number of nitrogen functional groups attached to an aromatic ring is 1. The zero-order valence-corrected chi connectivity index (χ0v) is 23.1. The molecule has 214 valence electrons. The van der Waals surface area contributed by atoms with Crippen molar-refractivity contribution in [1.29, 1.82) is 0 Å². The molecule has 4 aromatic rings. The lowest BCUT2D eigenvalue weighted by molar-refractivity contribution is -0.137. The molecule has 1 saturated heterocycles. The molecule has 4 heterocycles. The fourth-order valence-corrected chi connectivity index (χ4v) is 6.36. The van der Waals surface area contributed by atoms with Crippen molar-refractivity contribution in [2.24, 2.45) is 5.92 Å². The third kappa shape index (κ3) is 5.24. The number of aryl methyl sites for hydroxylation is 1.